The third-order valence-corrected chi connectivity index (χ3v) is 9.88. The molecule has 0 N–H and O–H groups in total. The van der Waals surface area contributed by atoms with Crippen molar-refractivity contribution in [3.05, 3.63) is 35.5 Å². The fourth-order valence-corrected chi connectivity index (χ4v) is 7.95. The Morgan fingerprint density at radius 3 is 2.32 bits per heavy atom. The van der Waals surface area contributed by atoms with Gasteiger partial charge in [-0.05, 0) is 54.8 Å². The summed E-state index contributed by atoms with van der Waals surface area (Å²) in [5.74, 6) is 1.04. The summed E-state index contributed by atoms with van der Waals surface area (Å²) in [4.78, 5) is 35.8. The van der Waals surface area contributed by atoms with Gasteiger partial charge in [0, 0.05) is 24.3 Å². The van der Waals surface area contributed by atoms with Gasteiger partial charge in [-0.1, -0.05) is 50.1 Å². The Bertz CT molecular complexity index is 1010. The van der Waals surface area contributed by atoms with Gasteiger partial charge >= 0.3 is 18.3 Å². The molecule has 0 aromatic carbocycles. The highest BCUT2D eigenvalue weighted by Crippen LogP contribution is 2.66. The van der Waals surface area contributed by atoms with Crippen molar-refractivity contribution in [2.45, 2.75) is 71.5 Å². The first kappa shape index (κ1) is 27.3. The fraction of sp³-hybridized carbons (Fsp3) is 0.690. The molecule has 204 valence electrons. The van der Waals surface area contributed by atoms with Crippen molar-refractivity contribution >= 4 is 18.3 Å². The van der Waals surface area contributed by atoms with Crippen molar-refractivity contribution in [1.82, 2.24) is 0 Å². The number of hydrogen-bond acceptors (Lipinski definition) is 8. The molecule has 0 radical (unpaired) electrons. The highest BCUT2D eigenvalue weighted by molar-refractivity contribution is 5.81. The number of carbonyl (C=O) groups is 3. The molecule has 0 saturated heterocycles. The van der Waals surface area contributed by atoms with Gasteiger partial charge in [0.25, 0.3) is 0 Å². The van der Waals surface area contributed by atoms with Crippen molar-refractivity contribution in [2.24, 2.45) is 34.5 Å². The average molecular weight is 517 g/mol. The van der Waals surface area contributed by atoms with Crippen LogP contribution in [0.25, 0.3) is 0 Å². The lowest BCUT2D eigenvalue weighted by Gasteiger charge is -2.57. The highest BCUT2D eigenvalue weighted by atomic mass is 16.7. The van der Waals surface area contributed by atoms with E-state index < -0.39 is 29.9 Å². The number of methoxy groups -OCH3 is 3. The highest BCUT2D eigenvalue weighted by Gasteiger charge is 2.60. The largest absolute Gasteiger partial charge is 0.508 e. The van der Waals surface area contributed by atoms with Gasteiger partial charge in [0.15, 0.2) is 0 Å². The van der Waals surface area contributed by atoms with E-state index in [0.29, 0.717) is 24.7 Å². The molecule has 0 aliphatic heterocycles. The number of esters is 1. The topological polar surface area (TPSA) is 97.4 Å². The Hall–Kier alpha value is -2.77. The number of allylic oxidation sites excluding steroid dienone is 4. The molecule has 0 heterocycles. The molecular weight excluding hydrogens is 476 g/mol. The Labute approximate surface area is 219 Å². The van der Waals surface area contributed by atoms with Crippen LogP contribution < -0.4 is 0 Å². The molecule has 0 aromatic rings. The third-order valence-electron chi connectivity index (χ3n) is 9.88. The minimum Gasteiger partial charge on any atom is -0.466 e. The Morgan fingerprint density at radius 1 is 0.946 bits per heavy atom. The molecule has 0 bridgehead atoms. The molecule has 0 spiro atoms. The zero-order valence-corrected chi connectivity index (χ0v) is 22.8. The Kier molecular flexibility index (Phi) is 7.77. The first-order valence-electron chi connectivity index (χ1n) is 13.2. The van der Waals surface area contributed by atoms with Gasteiger partial charge in [-0.15, -0.1) is 0 Å². The minimum atomic E-state index is -0.737. The number of rotatable bonds is 5. The third kappa shape index (κ3) is 4.79. The molecule has 8 heteroatoms. The smallest absolute Gasteiger partial charge is 0.466 e. The molecule has 0 unspecified atom stereocenters. The summed E-state index contributed by atoms with van der Waals surface area (Å²) in [5, 5.41) is 0. The predicted octanol–water partition coefficient (Wildman–Crippen LogP) is 5.76. The second-order valence-electron chi connectivity index (χ2n) is 11.4. The predicted molar refractivity (Wildman–Crippen MR) is 135 cm³/mol. The van der Waals surface area contributed by atoms with Crippen LogP contribution in [0.2, 0.25) is 0 Å². The van der Waals surface area contributed by atoms with Crippen LogP contribution in [0.15, 0.2) is 35.5 Å². The number of hydrogen-bond donors (Lipinski definition) is 0. The zero-order chi connectivity index (χ0) is 27.0. The van der Waals surface area contributed by atoms with E-state index >= 15 is 0 Å². The molecule has 0 amide bonds. The molecule has 3 saturated carbocycles. The van der Waals surface area contributed by atoms with E-state index in [1.807, 2.05) is 6.08 Å². The SMILES string of the molecule is COC(=O)/C=C/[C@H](C)[C@H]1CC[C@H]2C3=CC=C4C[C@@H](OC(=O)OC)C[C@H](OC(=O)OC)[C@]4(C)[C@H]3CC[C@]12C. The maximum atomic E-state index is 12.3. The van der Waals surface area contributed by atoms with Crippen molar-refractivity contribution in [3.8, 4) is 0 Å². The summed E-state index contributed by atoms with van der Waals surface area (Å²) in [6.45, 7) is 6.79. The first-order valence-corrected chi connectivity index (χ1v) is 13.2. The maximum Gasteiger partial charge on any atom is 0.508 e. The van der Waals surface area contributed by atoms with Gasteiger partial charge < -0.3 is 23.7 Å². The van der Waals surface area contributed by atoms with E-state index in [0.717, 1.165) is 31.3 Å². The lowest BCUT2D eigenvalue weighted by molar-refractivity contribution is -0.134. The van der Waals surface area contributed by atoms with Gasteiger partial charge in [-0.25, -0.2) is 14.4 Å². The van der Waals surface area contributed by atoms with E-state index in [1.165, 1.54) is 26.9 Å². The Morgan fingerprint density at radius 2 is 1.65 bits per heavy atom. The molecule has 4 aliphatic rings. The lowest BCUT2D eigenvalue weighted by atomic mass is 9.49. The van der Waals surface area contributed by atoms with Gasteiger partial charge in [0.1, 0.15) is 12.2 Å². The van der Waals surface area contributed by atoms with Crippen LogP contribution in [0, 0.1) is 34.5 Å². The summed E-state index contributed by atoms with van der Waals surface area (Å²) >= 11 is 0. The summed E-state index contributed by atoms with van der Waals surface area (Å²) in [5.41, 5.74) is 2.26. The summed E-state index contributed by atoms with van der Waals surface area (Å²) in [7, 11) is 3.99. The van der Waals surface area contributed by atoms with Crippen molar-refractivity contribution in [1.29, 1.82) is 0 Å². The van der Waals surface area contributed by atoms with E-state index in [-0.39, 0.29) is 23.2 Å². The molecule has 4 rings (SSSR count). The molecule has 0 aromatic heterocycles. The molecule has 4 aliphatic carbocycles. The summed E-state index contributed by atoms with van der Waals surface area (Å²) in [6, 6.07) is 0. The van der Waals surface area contributed by atoms with E-state index in [1.54, 1.807) is 6.08 Å². The van der Waals surface area contributed by atoms with Crippen LogP contribution in [-0.2, 0) is 28.5 Å². The lowest BCUT2D eigenvalue weighted by Crippen LogP contribution is -2.54. The average Bonchev–Trinajstić information content (AvgIpc) is 3.24. The molecule has 8 atom stereocenters. The second kappa shape index (κ2) is 10.5. The first-order chi connectivity index (χ1) is 17.6. The van der Waals surface area contributed by atoms with Crippen LogP contribution in [-0.4, -0.2) is 51.8 Å². The van der Waals surface area contributed by atoms with Crippen LogP contribution in [0.5, 0.6) is 0 Å². The van der Waals surface area contributed by atoms with Crippen molar-refractivity contribution < 1.29 is 38.1 Å². The van der Waals surface area contributed by atoms with Gasteiger partial charge in [-0.3, -0.25) is 0 Å². The standard InChI is InChI=1S/C29H40O8/c1-17(7-12-25(30)33-4)21-10-11-22-20-9-8-18-15-19(36-26(31)34-5)16-24(37-27(32)35-6)29(18,3)23(20)13-14-28(21,22)2/h7-9,12,17,19,21-24H,10-11,13-16H2,1-6H3/b12-7+/t17-,19+,21+,22-,23-,24-,28+,29-/m0/s1. The maximum absolute atomic E-state index is 12.3. The van der Waals surface area contributed by atoms with Crippen LogP contribution in [0.3, 0.4) is 0 Å². The molecule has 8 nitrogen and oxygen atoms in total. The number of ether oxygens (including phenoxy) is 5. The van der Waals surface area contributed by atoms with Crippen molar-refractivity contribution in [2.75, 3.05) is 21.3 Å². The van der Waals surface area contributed by atoms with Crippen molar-refractivity contribution in [3.63, 3.8) is 0 Å². The van der Waals surface area contributed by atoms with Crippen LogP contribution >= 0.6 is 0 Å². The van der Waals surface area contributed by atoms with Gasteiger partial charge in [0.2, 0.25) is 0 Å². The fourth-order valence-electron chi connectivity index (χ4n) is 7.95. The van der Waals surface area contributed by atoms with E-state index in [4.69, 9.17) is 23.7 Å². The quantitative estimate of drug-likeness (QED) is 0.258. The Balaban J connectivity index is 1.64. The van der Waals surface area contributed by atoms with E-state index in [9.17, 15) is 14.4 Å². The number of fused-ring (bicyclic) bond motifs is 5. The number of carbonyl (C=O) groups excluding carboxylic acids is 3. The van der Waals surface area contributed by atoms with Crippen LogP contribution in [0.4, 0.5) is 9.59 Å². The summed E-state index contributed by atoms with van der Waals surface area (Å²) < 4.78 is 25.7. The van der Waals surface area contributed by atoms with E-state index in [2.05, 4.69) is 32.9 Å². The zero-order valence-electron chi connectivity index (χ0n) is 22.8. The normalized spacial score (nSPS) is 37.2. The summed E-state index contributed by atoms with van der Waals surface area (Å²) in [6.07, 6.45) is 10.8. The van der Waals surface area contributed by atoms with Gasteiger partial charge in [-0.2, -0.15) is 0 Å². The molecule has 3 fully saturated rings. The van der Waals surface area contributed by atoms with Crippen LogP contribution in [0.1, 0.15) is 59.3 Å². The van der Waals surface area contributed by atoms with Gasteiger partial charge in [0.05, 0.1) is 21.3 Å². The molecule has 37 heavy (non-hydrogen) atoms. The minimum absolute atomic E-state index is 0.119. The molecular formula is C29H40O8. The monoisotopic (exact) mass is 516 g/mol. The second-order valence-corrected chi connectivity index (χ2v) is 11.4.